The number of pyridine rings is 1. The largest absolute Gasteiger partial charge is 0.397 e. The van der Waals surface area contributed by atoms with Crippen LogP contribution in [0.3, 0.4) is 0 Å². The van der Waals surface area contributed by atoms with Gasteiger partial charge in [-0.2, -0.15) is 0 Å². The predicted molar refractivity (Wildman–Crippen MR) is 44.9 cm³/mol. The number of halogens is 1. The van der Waals surface area contributed by atoms with E-state index in [1.165, 1.54) is 6.20 Å². The molecule has 1 heterocycles. The summed E-state index contributed by atoms with van der Waals surface area (Å²) >= 11 is 3.10. The van der Waals surface area contributed by atoms with Gasteiger partial charge in [-0.05, 0) is 22.0 Å². The van der Waals surface area contributed by atoms with Gasteiger partial charge < -0.3 is 11.5 Å². The number of anilines is 1. The Morgan fingerprint density at radius 2 is 2.27 bits per heavy atom. The van der Waals surface area contributed by atoms with Crippen molar-refractivity contribution in [1.29, 1.82) is 0 Å². The Labute approximate surface area is 71.7 Å². The molecular formula is C6H6BrN3O. The van der Waals surface area contributed by atoms with Crippen molar-refractivity contribution in [1.82, 2.24) is 4.98 Å². The standard InChI is InChI=1S/C6H6BrN3O/c7-4-1-3(8)2-10-5(4)6(9)11/h1-2H,8H2,(H2,9,11). The average molecular weight is 216 g/mol. The molecule has 0 saturated heterocycles. The predicted octanol–water partition coefficient (Wildman–Crippen LogP) is 0.525. The van der Waals surface area contributed by atoms with Crippen LogP contribution in [0, 0.1) is 0 Å². The quantitative estimate of drug-likeness (QED) is 0.717. The lowest BCUT2D eigenvalue weighted by molar-refractivity contribution is 0.0995. The molecule has 4 nitrogen and oxygen atoms in total. The van der Waals surface area contributed by atoms with Crippen molar-refractivity contribution in [2.45, 2.75) is 0 Å². The third-order valence-corrected chi connectivity index (χ3v) is 1.70. The van der Waals surface area contributed by atoms with Gasteiger partial charge in [-0.1, -0.05) is 0 Å². The zero-order valence-corrected chi connectivity index (χ0v) is 7.13. The summed E-state index contributed by atoms with van der Waals surface area (Å²) in [5.74, 6) is -0.572. The van der Waals surface area contributed by atoms with Crippen LogP contribution in [0.4, 0.5) is 5.69 Å². The minimum atomic E-state index is -0.572. The van der Waals surface area contributed by atoms with E-state index in [0.717, 1.165) is 0 Å². The SMILES string of the molecule is NC(=O)c1ncc(N)cc1Br. The van der Waals surface area contributed by atoms with E-state index in [9.17, 15) is 4.79 Å². The van der Waals surface area contributed by atoms with E-state index in [4.69, 9.17) is 11.5 Å². The fraction of sp³-hybridized carbons (Fsp3) is 0. The van der Waals surface area contributed by atoms with Crippen LogP contribution in [0.25, 0.3) is 0 Å². The molecule has 11 heavy (non-hydrogen) atoms. The molecule has 1 rings (SSSR count). The second-order valence-electron chi connectivity index (χ2n) is 1.96. The second-order valence-corrected chi connectivity index (χ2v) is 2.82. The van der Waals surface area contributed by atoms with Crippen molar-refractivity contribution in [3.05, 3.63) is 22.4 Å². The molecule has 0 fully saturated rings. The summed E-state index contributed by atoms with van der Waals surface area (Å²) in [5, 5.41) is 0. The Hall–Kier alpha value is -1.10. The molecule has 58 valence electrons. The molecule has 0 spiro atoms. The Kier molecular flexibility index (Phi) is 2.09. The Morgan fingerprint density at radius 3 is 2.73 bits per heavy atom. The molecule has 0 radical (unpaired) electrons. The first-order valence-electron chi connectivity index (χ1n) is 2.82. The monoisotopic (exact) mass is 215 g/mol. The summed E-state index contributed by atoms with van der Waals surface area (Å²) in [4.78, 5) is 14.4. The third kappa shape index (κ3) is 1.68. The molecule has 1 aromatic heterocycles. The van der Waals surface area contributed by atoms with Gasteiger partial charge in [-0.25, -0.2) is 4.98 Å². The number of carbonyl (C=O) groups excluding carboxylic acids is 1. The first-order chi connectivity index (χ1) is 5.11. The highest BCUT2D eigenvalue weighted by Gasteiger charge is 2.06. The number of nitrogens with two attached hydrogens (primary N) is 2. The van der Waals surface area contributed by atoms with Crippen LogP contribution in [0.1, 0.15) is 10.5 Å². The Bertz CT molecular complexity index is 300. The van der Waals surface area contributed by atoms with Gasteiger partial charge in [-0.15, -0.1) is 0 Å². The molecule has 0 aliphatic rings. The zero-order chi connectivity index (χ0) is 8.43. The maximum absolute atomic E-state index is 10.6. The molecule has 0 unspecified atom stereocenters. The number of primary amides is 1. The van der Waals surface area contributed by atoms with E-state index in [1.807, 2.05) is 0 Å². The number of nitrogen functional groups attached to an aromatic ring is 1. The molecule has 4 N–H and O–H groups in total. The second kappa shape index (κ2) is 2.87. The summed E-state index contributed by atoms with van der Waals surface area (Å²) in [6.07, 6.45) is 1.38. The average Bonchev–Trinajstić information content (AvgIpc) is 1.85. The van der Waals surface area contributed by atoms with Gasteiger partial charge in [0.25, 0.3) is 5.91 Å². The molecular weight excluding hydrogens is 210 g/mol. The summed E-state index contributed by atoms with van der Waals surface area (Å²) in [6, 6.07) is 1.58. The van der Waals surface area contributed by atoms with Crippen LogP contribution in [0.15, 0.2) is 16.7 Å². The molecule has 0 saturated carbocycles. The van der Waals surface area contributed by atoms with Crippen molar-refractivity contribution in [3.8, 4) is 0 Å². The van der Waals surface area contributed by atoms with E-state index < -0.39 is 5.91 Å². The van der Waals surface area contributed by atoms with E-state index in [0.29, 0.717) is 10.2 Å². The maximum Gasteiger partial charge on any atom is 0.268 e. The van der Waals surface area contributed by atoms with Gasteiger partial charge in [0.2, 0.25) is 0 Å². The fourth-order valence-electron chi connectivity index (χ4n) is 0.634. The minimum absolute atomic E-state index is 0.194. The lowest BCUT2D eigenvalue weighted by Crippen LogP contribution is -2.13. The fourth-order valence-corrected chi connectivity index (χ4v) is 1.20. The van der Waals surface area contributed by atoms with Crippen molar-refractivity contribution in [3.63, 3.8) is 0 Å². The first-order valence-corrected chi connectivity index (χ1v) is 3.61. The summed E-state index contributed by atoms with van der Waals surface area (Å²) in [7, 11) is 0. The van der Waals surface area contributed by atoms with Crippen molar-refractivity contribution < 1.29 is 4.79 Å². The van der Waals surface area contributed by atoms with Crippen LogP contribution in [0.2, 0.25) is 0 Å². The molecule has 1 amide bonds. The topological polar surface area (TPSA) is 82.0 Å². The third-order valence-electron chi connectivity index (χ3n) is 1.10. The molecule has 1 aromatic rings. The van der Waals surface area contributed by atoms with E-state index in [-0.39, 0.29) is 5.69 Å². The van der Waals surface area contributed by atoms with Gasteiger partial charge in [0.1, 0.15) is 5.69 Å². The lowest BCUT2D eigenvalue weighted by atomic mass is 10.3. The van der Waals surface area contributed by atoms with Gasteiger partial charge in [0, 0.05) is 0 Å². The Morgan fingerprint density at radius 1 is 1.64 bits per heavy atom. The summed E-state index contributed by atoms with van der Waals surface area (Å²) in [5.41, 5.74) is 11.1. The number of hydrogen-bond acceptors (Lipinski definition) is 3. The number of nitrogens with zero attached hydrogens (tertiary/aromatic N) is 1. The van der Waals surface area contributed by atoms with Crippen LogP contribution in [0.5, 0.6) is 0 Å². The lowest BCUT2D eigenvalue weighted by Gasteiger charge is -1.98. The van der Waals surface area contributed by atoms with Gasteiger partial charge >= 0.3 is 0 Å². The number of rotatable bonds is 1. The van der Waals surface area contributed by atoms with Crippen LogP contribution < -0.4 is 11.5 Å². The first kappa shape index (κ1) is 8.00. The molecule has 0 aromatic carbocycles. The molecule has 0 atom stereocenters. The van der Waals surface area contributed by atoms with Crippen molar-refractivity contribution in [2.75, 3.05) is 5.73 Å². The van der Waals surface area contributed by atoms with E-state index >= 15 is 0 Å². The molecule has 0 aliphatic heterocycles. The minimum Gasteiger partial charge on any atom is -0.397 e. The molecule has 0 aliphatic carbocycles. The van der Waals surface area contributed by atoms with Gasteiger partial charge in [0.05, 0.1) is 16.4 Å². The molecule has 5 heteroatoms. The summed E-state index contributed by atoms with van der Waals surface area (Å²) in [6.45, 7) is 0. The van der Waals surface area contributed by atoms with Gasteiger partial charge in [0.15, 0.2) is 0 Å². The Balaban J connectivity index is 3.20. The van der Waals surface area contributed by atoms with Crippen molar-refractivity contribution >= 4 is 27.5 Å². The zero-order valence-electron chi connectivity index (χ0n) is 5.54. The van der Waals surface area contributed by atoms with Crippen LogP contribution in [-0.2, 0) is 0 Å². The van der Waals surface area contributed by atoms with Crippen LogP contribution in [-0.4, -0.2) is 10.9 Å². The van der Waals surface area contributed by atoms with Crippen LogP contribution >= 0.6 is 15.9 Å². The highest BCUT2D eigenvalue weighted by molar-refractivity contribution is 9.10. The normalized spacial score (nSPS) is 9.55. The number of aromatic nitrogens is 1. The number of carbonyl (C=O) groups is 1. The van der Waals surface area contributed by atoms with E-state index in [1.54, 1.807) is 6.07 Å². The number of amides is 1. The van der Waals surface area contributed by atoms with Gasteiger partial charge in [-0.3, -0.25) is 4.79 Å². The highest BCUT2D eigenvalue weighted by atomic mass is 79.9. The smallest absolute Gasteiger partial charge is 0.268 e. The van der Waals surface area contributed by atoms with E-state index in [2.05, 4.69) is 20.9 Å². The molecule has 0 bridgehead atoms. The maximum atomic E-state index is 10.6. The van der Waals surface area contributed by atoms with Crippen molar-refractivity contribution in [2.24, 2.45) is 5.73 Å². The summed E-state index contributed by atoms with van der Waals surface area (Å²) < 4.78 is 0.519. The number of hydrogen-bond donors (Lipinski definition) is 2. The highest BCUT2D eigenvalue weighted by Crippen LogP contribution is 2.16.